The molecular weight excluding hydrogens is 340 g/mol. The summed E-state index contributed by atoms with van der Waals surface area (Å²) in [7, 11) is 0. The number of amides is 2. The minimum absolute atomic E-state index is 0.0354. The quantitative estimate of drug-likeness (QED) is 0.881. The van der Waals surface area contributed by atoms with Crippen LogP contribution in [0.15, 0.2) is 48.5 Å². The van der Waals surface area contributed by atoms with E-state index in [-0.39, 0.29) is 23.5 Å². The molecule has 0 saturated carbocycles. The standard InChI is InChI=1S/C19H19ClN2O3/c20-15-4-6-16(7-5-15)21-18(24)13-8-10-22(11-9-13)19(25)14-2-1-3-17(23)12-14/h1-7,12-13,23H,8-11H2,(H,21,24). The van der Waals surface area contributed by atoms with Crippen molar-refractivity contribution < 1.29 is 14.7 Å². The Morgan fingerprint density at radius 1 is 1.08 bits per heavy atom. The average Bonchev–Trinajstić information content (AvgIpc) is 2.63. The SMILES string of the molecule is O=C(Nc1ccc(Cl)cc1)C1CCN(C(=O)c2cccc(O)c2)CC1. The fourth-order valence-corrected chi connectivity index (χ4v) is 3.07. The van der Waals surface area contributed by atoms with Gasteiger partial charge in [-0.15, -0.1) is 0 Å². The third kappa shape index (κ3) is 4.31. The Hall–Kier alpha value is -2.53. The number of piperidine rings is 1. The molecule has 25 heavy (non-hydrogen) atoms. The summed E-state index contributed by atoms with van der Waals surface area (Å²) in [6, 6.07) is 13.3. The lowest BCUT2D eigenvalue weighted by Crippen LogP contribution is -2.41. The second-order valence-electron chi connectivity index (χ2n) is 6.11. The molecule has 3 rings (SSSR count). The van der Waals surface area contributed by atoms with Gasteiger partial charge in [0.1, 0.15) is 5.75 Å². The smallest absolute Gasteiger partial charge is 0.253 e. The molecule has 2 aromatic rings. The summed E-state index contributed by atoms with van der Waals surface area (Å²) in [5, 5.41) is 13.0. The summed E-state index contributed by atoms with van der Waals surface area (Å²) in [5.74, 6) is -0.203. The number of phenols is 1. The number of halogens is 1. The number of nitrogens with one attached hydrogen (secondary N) is 1. The number of rotatable bonds is 3. The van der Waals surface area contributed by atoms with Gasteiger partial charge in [-0.25, -0.2) is 0 Å². The van der Waals surface area contributed by atoms with Gasteiger partial charge in [-0.3, -0.25) is 9.59 Å². The number of hydrogen-bond acceptors (Lipinski definition) is 3. The van der Waals surface area contributed by atoms with Crippen LogP contribution in [0.5, 0.6) is 5.75 Å². The molecule has 130 valence electrons. The fraction of sp³-hybridized carbons (Fsp3) is 0.263. The summed E-state index contributed by atoms with van der Waals surface area (Å²) in [5.41, 5.74) is 1.18. The van der Waals surface area contributed by atoms with Gasteiger partial charge in [-0.1, -0.05) is 17.7 Å². The van der Waals surface area contributed by atoms with Gasteiger partial charge in [0.05, 0.1) is 0 Å². The number of nitrogens with zero attached hydrogens (tertiary/aromatic N) is 1. The lowest BCUT2D eigenvalue weighted by molar-refractivity contribution is -0.121. The maximum Gasteiger partial charge on any atom is 0.253 e. The number of phenolic OH excluding ortho intramolecular Hbond substituents is 1. The van der Waals surface area contributed by atoms with Crippen LogP contribution in [0, 0.1) is 5.92 Å². The molecule has 6 heteroatoms. The molecule has 1 aliphatic rings. The molecule has 1 saturated heterocycles. The first-order valence-corrected chi connectivity index (χ1v) is 8.55. The van der Waals surface area contributed by atoms with Crippen LogP contribution in [0.25, 0.3) is 0 Å². The van der Waals surface area contributed by atoms with Crippen molar-refractivity contribution in [3.05, 3.63) is 59.1 Å². The Labute approximate surface area is 151 Å². The van der Waals surface area contributed by atoms with Crippen LogP contribution in [0.1, 0.15) is 23.2 Å². The van der Waals surface area contributed by atoms with Gasteiger partial charge < -0.3 is 15.3 Å². The van der Waals surface area contributed by atoms with Gasteiger partial charge in [-0.05, 0) is 55.3 Å². The van der Waals surface area contributed by atoms with E-state index in [1.54, 1.807) is 41.3 Å². The summed E-state index contributed by atoms with van der Waals surface area (Å²) >= 11 is 5.84. The van der Waals surface area contributed by atoms with Crippen LogP contribution < -0.4 is 5.32 Å². The predicted molar refractivity (Wildman–Crippen MR) is 96.8 cm³/mol. The maximum atomic E-state index is 12.5. The van der Waals surface area contributed by atoms with E-state index in [0.717, 1.165) is 0 Å². The summed E-state index contributed by atoms with van der Waals surface area (Å²) in [6.45, 7) is 1.04. The molecule has 0 bridgehead atoms. The second-order valence-corrected chi connectivity index (χ2v) is 6.55. The van der Waals surface area contributed by atoms with Crippen molar-refractivity contribution >= 4 is 29.1 Å². The molecule has 2 amide bonds. The first kappa shape index (κ1) is 17.3. The second kappa shape index (κ2) is 7.57. The minimum Gasteiger partial charge on any atom is -0.508 e. The molecular formula is C19H19ClN2O3. The normalized spacial score (nSPS) is 15.0. The Kier molecular flexibility index (Phi) is 5.24. The highest BCUT2D eigenvalue weighted by atomic mass is 35.5. The molecule has 0 aromatic heterocycles. The molecule has 0 aliphatic carbocycles. The van der Waals surface area contributed by atoms with Gasteiger partial charge in [0, 0.05) is 35.3 Å². The average molecular weight is 359 g/mol. The zero-order chi connectivity index (χ0) is 17.8. The lowest BCUT2D eigenvalue weighted by atomic mass is 9.95. The van der Waals surface area contributed by atoms with Crippen molar-refractivity contribution in [1.82, 2.24) is 4.90 Å². The number of aromatic hydroxyl groups is 1. The van der Waals surface area contributed by atoms with E-state index in [1.807, 2.05) is 0 Å². The molecule has 1 fully saturated rings. The number of likely N-dealkylation sites (tertiary alicyclic amines) is 1. The van der Waals surface area contributed by atoms with Crippen molar-refractivity contribution in [2.45, 2.75) is 12.8 Å². The van der Waals surface area contributed by atoms with E-state index in [0.29, 0.717) is 42.2 Å². The zero-order valence-corrected chi connectivity index (χ0v) is 14.4. The van der Waals surface area contributed by atoms with Gasteiger partial charge in [-0.2, -0.15) is 0 Å². The van der Waals surface area contributed by atoms with Gasteiger partial charge in [0.15, 0.2) is 0 Å². The molecule has 2 aromatic carbocycles. The Bertz CT molecular complexity index is 768. The third-order valence-corrected chi connectivity index (χ3v) is 4.61. The molecule has 0 spiro atoms. The monoisotopic (exact) mass is 358 g/mol. The van der Waals surface area contributed by atoms with Crippen LogP contribution in [-0.4, -0.2) is 34.9 Å². The lowest BCUT2D eigenvalue weighted by Gasteiger charge is -2.31. The van der Waals surface area contributed by atoms with E-state index in [4.69, 9.17) is 11.6 Å². The highest BCUT2D eigenvalue weighted by Gasteiger charge is 2.28. The molecule has 5 nitrogen and oxygen atoms in total. The van der Waals surface area contributed by atoms with Crippen LogP contribution in [-0.2, 0) is 4.79 Å². The first-order chi connectivity index (χ1) is 12.0. The third-order valence-electron chi connectivity index (χ3n) is 4.36. The van der Waals surface area contributed by atoms with E-state index >= 15 is 0 Å². The van der Waals surface area contributed by atoms with Crippen molar-refractivity contribution in [1.29, 1.82) is 0 Å². The molecule has 1 heterocycles. The predicted octanol–water partition coefficient (Wildman–Crippen LogP) is 3.54. The molecule has 1 aliphatic heterocycles. The molecule has 0 atom stereocenters. The van der Waals surface area contributed by atoms with Crippen LogP contribution in [0.2, 0.25) is 5.02 Å². The van der Waals surface area contributed by atoms with Crippen LogP contribution in [0.4, 0.5) is 5.69 Å². The first-order valence-electron chi connectivity index (χ1n) is 8.17. The van der Waals surface area contributed by atoms with E-state index < -0.39 is 0 Å². The number of anilines is 1. The summed E-state index contributed by atoms with van der Waals surface area (Å²) in [6.07, 6.45) is 1.23. The van der Waals surface area contributed by atoms with Gasteiger partial charge >= 0.3 is 0 Å². The summed E-state index contributed by atoms with van der Waals surface area (Å²) < 4.78 is 0. The van der Waals surface area contributed by atoms with Crippen molar-refractivity contribution in [2.24, 2.45) is 5.92 Å². The highest BCUT2D eigenvalue weighted by molar-refractivity contribution is 6.30. The summed E-state index contributed by atoms with van der Waals surface area (Å²) in [4.78, 5) is 26.5. The minimum atomic E-state index is -0.121. The van der Waals surface area contributed by atoms with E-state index in [1.165, 1.54) is 12.1 Å². The Balaban J connectivity index is 1.55. The van der Waals surface area contributed by atoms with Gasteiger partial charge in [0.25, 0.3) is 5.91 Å². The number of carbonyl (C=O) groups is 2. The van der Waals surface area contributed by atoms with Crippen molar-refractivity contribution in [3.63, 3.8) is 0 Å². The fourth-order valence-electron chi connectivity index (χ4n) is 2.94. The highest BCUT2D eigenvalue weighted by Crippen LogP contribution is 2.22. The van der Waals surface area contributed by atoms with Crippen LogP contribution in [0.3, 0.4) is 0 Å². The molecule has 0 radical (unpaired) electrons. The largest absolute Gasteiger partial charge is 0.508 e. The zero-order valence-electron chi connectivity index (χ0n) is 13.6. The van der Waals surface area contributed by atoms with E-state index in [9.17, 15) is 14.7 Å². The van der Waals surface area contributed by atoms with Crippen LogP contribution >= 0.6 is 11.6 Å². The molecule has 0 unspecified atom stereocenters. The van der Waals surface area contributed by atoms with Crippen molar-refractivity contribution in [2.75, 3.05) is 18.4 Å². The van der Waals surface area contributed by atoms with Crippen molar-refractivity contribution in [3.8, 4) is 5.75 Å². The number of carbonyl (C=O) groups excluding carboxylic acids is 2. The van der Waals surface area contributed by atoms with Gasteiger partial charge in [0.2, 0.25) is 5.91 Å². The Morgan fingerprint density at radius 3 is 2.40 bits per heavy atom. The number of hydrogen-bond donors (Lipinski definition) is 2. The van der Waals surface area contributed by atoms with E-state index in [2.05, 4.69) is 5.32 Å². The maximum absolute atomic E-state index is 12.5. The number of benzene rings is 2. The Morgan fingerprint density at radius 2 is 1.76 bits per heavy atom. The molecule has 2 N–H and O–H groups in total. The topological polar surface area (TPSA) is 69.6 Å².